The number of halogens is 1. The van der Waals surface area contributed by atoms with Crippen LogP contribution in [0.1, 0.15) is 11.4 Å². The molecule has 144 valence electrons. The molecule has 1 N–H and O–H groups in total. The average Bonchev–Trinajstić information content (AvgIpc) is 3.16. The maximum Gasteiger partial charge on any atom is 0.331 e. The number of benzene rings is 2. The summed E-state index contributed by atoms with van der Waals surface area (Å²) < 4.78 is 18.3. The molecule has 0 aliphatic carbocycles. The smallest absolute Gasteiger partial charge is 0.331 e. The SMILES string of the molecule is O=C(/C=C/c1cccc(F)c1)OCc1nc2scc(-c3ccccc3)c2c(=O)[nH]1. The molecule has 2 aromatic carbocycles. The van der Waals surface area contributed by atoms with Crippen LogP contribution in [0.2, 0.25) is 0 Å². The second-order valence-corrected chi connectivity index (χ2v) is 7.06. The first kappa shape index (κ1) is 18.8. The Morgan fingerprint density at radius 1 is 1.17 bits per heavy atom. The number of H-pyrrole nitrogens is 1. The Hall–Kier alpha value is -3.58. The van der Waals surface area contributed by atoms with Crippen molar-refractivity contribution in [1.82, 2.24) is 9.97 Å². The van der Waals surface area contributed by atoms with Crippen LogP contribution in [0.5, 0.6) is 0 Å². The third kappa shape index (κ3) is 4.30. The van der Waals surface area contributed by atoms with Gasteiger partial charge in [-0.25, -0.2) is 14.2 Å². The van der Waals surface area contributed by atoms with Crippen molar-refractivity contribution in [2.45, 2.75) is 6.61 Å². The van der Waals surface area contributed by atoms with E-state index >= 15 is 0 Å². The van der Waals surface area contributed by atoms with Gasteiger partial charge in [-0.2, -0.15) is 0 Å². The Labute approximate surface area is 169 Å². The van der Waals surface area contributed by atoms with E-state index < -0.39 is 5.97 Å². The van der Waals surface area contributed by atoms with E-state index in [0.29, 0.717) is 15.8 Å². The summed E-state index contributed by atoms with van der Waals surface area (Å²) >= 11 is 1.36. The minimum Gasteiger partial charge on any atom is -0.454 e. The lowest BCUT2D eigenvalue weighted by atomic mass is 10.1. The van der Waals surface area contributed by atoms with Gasteiger partial charge in [-0.05, 0) is 29.3 Å². The third-order valence-corrected chi connectivity index (χ3v) is 5.06. The fourth-order valence-electron chi connectivity index (χ4n) is 2.85. The number of fused-ring (bicyclic) bond motifs is 1. The second kappa shape index (κ2) is 8.20. The van der Waals surface area contributed by atoms with Gasteiger partial charge in [-0.3, -0.25) is 4.79 Å². The molecule has 0 spiro atoms. The van der Waals surface area contributed by atoms with Crippen molar-refractivity contribution in [2.24, 2.45) is 0 Å². The molecule has 0 atom stereocenters. The fraction of sp³-hybridized carbons (Fsp3) is 0.0455. The van der Waals surface area contributed by atoms with Crippen LogP contribution in [0.15, 0.2) is 70.8 Å². The molecule has 0 unspecified atom stereocenters. The minimum absolute atomic E-state index is 0.171. The van der Waals surface area contributed by atoms with E-state index in [0.717, 1.165) is 11.1 Å². The number of ether oxygens (including phenoxy) is 1. The zero-order valence-electron chi connectivity index (χ0n) is 15.1. The second-order valence-electron chi connectivity index (χ2n) is 6.20. The van der Waals surface area contributed by atoms with Crippen LogP contribution in [-0.2, 0) is 16.1 Å². The monoisotopic (exact) mass is 406 g/mol. The van der Waals surface area contributed by atoms with Crippen LogP contribution in [0.4, 0.5) is 4.39 Å². The van der Waals surface area contributed by atoms with Gasteiger partial charge in [0.15, 0.2) is 0 Å². The number of aromatic amines is 1. The quantitative estimate of drug-likeness (QED) is 0.390. The highest BCUT2D eigenvalue weighted by Crippen LogP contribution is 2.30. The number of rotatable bonds is 5. The van der Waals surface area contributed by atoms with Gasteiger partial charge in [0.2, 0.25) is 0 Å². The summed E-state index contributed by atoms with van der Waals surface area (Å²) in [5.41, 5.74) is 2.02. The van der Waals surface area contributed by atoms with E-state index in [-0.39, 0.29) is 23.8 Å². The summed E-state index contributed by atoms with van der Waals surface area (Å²) in [6, 6.07) is 15.4. The molecule has 0 saturated heterocycles. The summed E-state index contributed by atoms with van der Waals surface area (Å²) in [5.74, 6) is -0.744. The number of hydrogen-bond acceptors (Lipinski definition) is 5. The minimum atomic E-state index is -0.617. The maximum atomic E-state index is 13.1. The Morgan fingerprint density at radius 3 is 2.79 bits per heavy atom. The molecule has 0 aliphatic rings. The maximum absolute atomic E-state index is 13.1. The summed E-state index contributed by atoms with van der Waals surface area (Å²) in [6.45, 7) is -0.171. The van der Waals surface area contributed by atoms with E-state index in [2.05, 4.69) is 9.97 Å². The lowest BCUT2D eigenvalue weighted by Gasteiger charge is -2.03. The van der Waals surface area contributed by atoms with Gasteiger partial charge in [0.1, 0.15) is 23.1 Å². The highest BCUT2D eigenvalue weighted by Gasteiger charge is 2.13. The van der Waals surface area contributed by atoms with Gasteiger partial charge in [-0.15, -0.1) is 11.3 Å². The molecular weight excluding hydrogens is 391 g/mol. The number of hydrogen-bond donors (Lipinski definition) is 1. The molecule has 0 amide bonds. The number of carbonyl (C=O) groups excluding carboxylic acids is 1. The standard InChI is InChI=1S/C22H15FN2O3S/c23-16-8-4-5-14(11-16)9-10-19(26)28-12-18-24-21(27)20-17(13-29-22(20)25-18)15-6-2-1-3-7-15/h1-11,13H,12H2,(H,24,25,27)/b10-9+. The van der Waals surface area contributed by atoms with Gasteiger partial charge >= 0.3 is 5.97 Å². The van der Waals surface area contributed by atoms with E-state index in [1.807, 2.05) is 35.7 Å². The molecule has 5 nitrogen and oxygen atoms in total. The molecule has 29 heavy (non-hydrogen) atoms. The van der Waals surface area contributed by atoms with Crippen LogP contribution < -0.4 is 5.56 Å². The number of nitrogens with zero attached hydrogens (tertiary/aromatic N) is 1. The van der Waals surface area contributed by atoms with Crippen LogP contribution in [0, 0.1) is 5.82 Å². The molecule has 7 heteroatoms. The highest BCUT2D eigenvalue weighted by atomic mass is 32.1. The van der Waals surface area contributed by atoms with Crippen LogP contribution >= 0.6 is 11.3 Å². The van der Waals surface area contributed by atoms with Crippen molar-refractivity contribution in [3.05, 3.63) is 93.6 Å². The fourth-order valence-corrected chi connectivity index (χ4v) is 3.82. The van der Waals surface area contributed by atoms with Gasteiger partial charge in [-0.1, -0.05) is 42.5 Å². The van der Waals surface area contributed by atoms with Crippen molar-refractivity contribution in [1.29, 1.82) is 0 Å². The molecule has 0 aliphatic heterocycles. The molecule has 2 heterocycles. The Bertz CT molecular complexity index is 1260. The molecule has 4 rings (SSSR count). The lowest BCUT2D eigenvalue weighted by molar-refractivity contribution is -0.139. The predicted molar refractivity (Wildman–Crippen MR) is 111 cm³/mol. The first-order chi connectivity index (χ1) is 14.1. The summed E-state index contributed by atoms with van der Waals surface area (Å²) in [7, 11) is 0. The molecule has 4 aromatic rings. The van der Waals surface area contributed by atoms with Crippen molar-refractivity contribution in [3.8, 4) is 11.1 Å². The van der Waals surface area contributed by atoms with Gasteiger partial charge in [0.05, 0.1) is 5.39 Å². The molecule has 0 saturated carbocycles. The van der Waals surface area contributed by atoms with Gasteiger partial charge < -0.3 is 9.72 Å². The normalized spacial score (nSPS) is 11.2. The highest BCUT2D eigenvalue weighted by molar-refractivity contribution is 7.17. The number of esters is 1. The summed E-state index contributed by atoms with van der Waals surface area (Å²) in [5, 5.41) is 2.40. The molecule has 0 bridgehead atoms. The van der Waals surface area contributed by atoms with Crippen LogP contribution in [0.25, 0.3) is 27.4 Å². The first-order valence-electron chi connectivity index (χ1n) is 8.76. The van der Waals surface area contributed by atoms with Gasteiger partial charge in [0, 0.05) is 17.0 Å². The Balaban J connectivity index is 1.49. The van der Waals surface area contributed by atoms with E-state index in [1.165, 1.54) is 35.6 Å². The lowest BCUT2D eigenvalue weighted by Crippen LogP contribution is -2.13. The van der Waals surface area contributed by atoms with Gasteiger partial charge in [0.25, 0.3) is 5.56 Å². The largest absolute Gasteiger partial charge is 0.454 e. The summed E-state index contributed by atoms with van der Waals surface area (Å²) in [6.07, 6.45) is 2.65. The van der Waals surface area contributed by atoms with Crippen molar-refractivity contribution < 1.29 is 13.9 Å². The van der Waals surface area contributed by atoms with E-state index in [4.69, 9.17) is 4.74 Å². The van der Waals surface area contributed by atoms with Crippen molar-refractivity contribution >= 4 is 33.6 Å². The first-order valence-corrected chi connectivity index (χ1v) is 9.64. The van der Waals surface area contributed by atoms with Crippen LogP contribution in [0.3, 0.4) is 0 Å². The topological polar surface area (TPSA) is 72.0 Å². The molecule has 0 fully saturated rings. The Kier molecular flexibility index (Phi) is 5.31. The molecular formula is C22H15FN2O3S. The molecule has 0 radical (unpaired) electrons. The number of aromatic nitrogens is 2. The number of thiophene rings is 1. The predicted octanol–water partition coefficient (Wildman–Crippen LogP) is 4.55. The number of carbonyl (C=O) groups is 1. The number of nitrogens with one attached hydrogen (secondary N) is 1. The zero-order valence-corrected chi connectivity index (χ0v) is 15.9. The Morgan fingerprint density at radius 2 is 2.00 bits per heavy atom. The van der Waals surface area contributed by atoms with Crippen molar-refractivity contribution in [2.75, 3.05) is 0 Å². The van der Waals surface area contributed by atoms with E-state index in [9.17, 15) is 14.0 Å². The summed E-state index contributed by atoms with van der Waals surface area (Å²) in [4.78, 5) is 32.1. The van der Waals surface area contributed by atoms with Crippen molar-refractivity contribution in [3.63, 3.8) is 0 Å². The average molecular weight is 406 g/mol. The van der Waals surface area contributed by atoms with E-state index in [1.54, 1.807) is 12.1 Å². The zero-order chi connectivity index (χ0) is 20.2. The third-order valence-electron chi connectivity index (χ3n) is 4.19. The van der Waals surface area contributed by atoms with Crippen LogP contribution in [-0.4, -0.2) is 15.9 Å². The molecule has 2 aromatic heterocycles.